The number of carbonyl (C=O) groups is 1. The topological polar surface area (TPSA) is 84.9 Å². The molecule has 10 heteroatoms. The molecular weight excluding hydrogens is 451 g/mol. The number of sulfonamides is 1. The first kappa shape index (κ1) is 22.7. The molecular formula is C20H22Cl2N2O5S. The lowest BCUT2D eigenvalue weighted by Crippen LogP contribution is -2.43. The van der Waals surface area contributed by atoms with Crippen molar-refractivity contribution in [3.63, 3.8) is 0 Å². The molecule has 30 heavy (non-hydrogen) atoms. The Hall–Kier alpha value is -2.00. The number of ether oxygens (including phenoxy) is 2. The van der Waals surface area contributed by atoms with Gasteiger partial charge in [0.15, 0.2) is 11.5 Å². The maximum Gasteiger partial charge on any atom is 0.243 e. The Balaban J connectivity index is 1.78. The van der Waals surface area contributed by atoms with Crippen molar-refractivity contribution in [1.82, 2.24) is 4.31 Å². The molecule has 1 amide bonds. The minimum atomic E-state index is -3.80. The van der Waals surface area contributed by atoms with E-state index in [0.29, 0.717) is 41.6 Å². The number of piperidine rings is 1. The first-order chi connectivity index (χ1) is 14.3. The van der Waals surface area contributed by atoms with Crippen LogP contribution < -0.4 is 14.8 Å². The van der Waals surface area contributed by atoms with Crippen molar-refractivity contribution in [3.8, 4) is 11.5 Å². The van der Waals surface area contributed by atoms with Gasteiger partial charge in [-0.1, -0.05) is 29.3 Å². The number of hydrogen-bond acceptors (Lipinski definition) is 5. The zero-order valence-corrected chi connectivity index (χ0v) is 18.9. The van der Waals surface area contributed by atoms with E-state index in [-0.39, 0.29) is 22.4 Å². The second-order valence-corrected chi connectivity index (χ2v) is 9.53. The quantitative estimate of drug-likeness (QED) is 0.685. The number of amides is 1. The van der Waals surface area contributed by atoms with Crippen molar-refractivity contribution in [2.45, 2.75) is 17.7 Å². The van der Waals surface area contributed by atoms with Gasteiger partial charge in [-0.15, -0.1) is 0 Å². The molecule has 1 heterocycles. The molecule has 0 saturated carbocycles. The molecule has 0 aliphatic carbocycles. The zero-order valence-electron chi connectivity index (χ0n) is 16.5. The maximum absolute atomic E-state index is 13.1. The number of methoxy groups -OCH3 is 2. The molecule has 1 aliphatic heterocycles. The molecule has 0 radical (unpaired) electrons. The summed E-state index contributed by atoms with van der Waals surface area (Å²) < 4.78 is 38.0. The number of anilines is 1. The summed E-state index contributed by atoms with van der Waals surface area (Å²) in [6.45, 7) is 0.402. The van der Waals surface area contributed by atoms with E-state index >= 15 is 0 Å². The minimum absolute atomic E-state index is 0.0701. The summed E-state index contributed by atoms with van der Waals surface area (Å²) in [4.78, 5) is 12.8. The number of halogens is 2. The lowest BCUT2D eigenvalue weighted by molar-refractivity contribution is -0.120. The summed E-state index contributed by atoms with van der Waals surface area (Å²) in [5, 5.41) is 3.33. The van der Waals surface area contributed by atoms with Crippen molar-refractivity contribution >= 4 is 44.8 Å². The van der Waals surface area contributed by atoms with E-state index in [9.17, 15) is 13.2 Å². The van der Waals surface area contributed by atoms with E-state index in [1.54, 1.807) is 24.3 Å². The SMILES string of the molecule is COc1ccc(S(=O)(=O)N2CCC[C@@H](C(=O)Nc3cccc(Cl)c3Cl)C2)cc1OC. The Morgan fingerprint density at radius 2 is 1.87 bits per heavy atom. The molecule has 162 valence electrons. The third-order valence-corrected chi connectivity index (χ3v) is 7.64. The number of hydrogen-bond donors (Lipinski definition) is 1. The average molecular weight is 473 g/mol. The normalized spacial score (nSPS) is 17.4. The zero-order chi connectivity index (χ0) is 21.9. The molecule has 1 atom stereocenters. The lowest BCUT2D eigenvalue weighted by Gasteiger charge is -2.31. The largest absolute Gasteiger partial charge is 0.493 e. The molecule has 0 unspecified atom stereocenters. The van der Waals surface area contributed by atoms with Crippen LogP contribution in [0.4, 0.5) is 5.69 Å². The van der Waals surface area contributed by atoms with Gasteiger partial charge < -0.3 is 14.8 Å². The molecule has 0 bridgehead atoms. The van der Waals surface area contributed by atoms with Gasteiger partial charge in [-0.25, -0.2) is 8.42 Å². The highest BCUT2D eigenvalue weighted by molar-refractivity contribution is 7.89. The summed E-state index contributed by atoms with van der Waals surface area (Å²) >= 11 is 12.1. The number of rotatable bonds is 6. The number of nitrogens with zero attached hydrogens (tertiary/aromatic N) is 1. The van der Waals surface area contributed by atoms with Gasteiger partial charge in [0.25, 0.3) is 0 Å². The van der Waals surface area contributed by atoms with Crippen molar-refractivity contribution in [2.75, 3.05) is 32.6 Å². The summed E-state index contributed by atoms with van der Waals surface area (Å²) in [5.41, 5.74) is 0.397. The predicted molar refractivity (Wildman–Crippen MR) is 116 cm³/mol. The lowest BCUT2D eigenvalue weighted by atomic mass is 9.99. The number of nitrogens with one attached hydrogen (secondary N) is 1. The van der Waals surface area contributed by atoms with Crippen molar-refractivity contribution in [3.05, 3.63) is 46.4 Å². The van der Waals surface area contributed by atoms with Crippen LogP contribution in [0.1, 0.15) is 12.8 Å². The Labute approximate surface area is 185 Å². The van der Waals surface area contributed by atoms with E-state index < -0.39 is 15.9 Å². The second kappa shape index (κ2) is 9.43. The molecule has 1 aliphatic rings. The smallest absolute Gasteiger partial charge is 0.243 e. The molecule has 3 rings (SSSR count). The third-order valence-electron chi connectivity index (χ3n) is 4.96. The predicted octanol–water partition coefficient (Wildman–Crippen LogP) is 4.05. The fourth-order valence-corrected chi connectivity index (χ4v) is 5.22. The highest BCUT2D eigenvalue weighted by Crippen LogP contribution is 2.33. The van der Waals surface area contributed by atoms with Gasteiger partial charge in [-0.05, 0) is 37.1 Å². The van der Waals surface area contributed by atoms with Crippen LogP contribution in [0.2, 0.25) is 10.0 Å². The van der Waals surface area contributed by atoms with Gasteiger partial charge in [0.05, 0.1) is 40.8 Å². The summed E-state index contributed by atoms with van der Waals surface area (Å²) in [5.74, 6) is -0.0543. The van der Waals surface area contributed by atoms with Crippen LogP contribution in [0.15, 0.2) is 41.3 Å². The Morgan fingerprint density at radius 3 is 2.57 bits per heavy atom. The van der Waals surface area contributed by atoms with E-state index in [1.165, 1.54) is 30.7 Å². The average Bonchev–Trinajstić information content (AvgIpc) is 2.76. The van der Waals surface area contributed by atoms with Crippen LogP contribution >= 0.6 is 23.2 Å². The molecule has 2 aromatic rings. The highest BCUT2D eigenvalue weighted by Gasteiger charge is 2.34. The fraction of sp³-hybridized carbons (Fsp3) is 0.350. The van der Waals surface area contributed by atoms with E-state index in [4.69, 9.17) is 32.7 Å². The molecule has 1 fully saturated rings. The third kappa shape index (κ3) is 4.67. The summed E-state index contributed by atoms with van der Waals surface area (Å²) in [6, 6.07) is 9.37. The fourth-order valence-electron chi connectivity index (χ4n) is 3.34. The van der Waals surface area contributed by atoms with Gasteiger partial charge in [-0.3, -0.25) is 4.79 Å². The maximum atomic E-state index is 13.1. The highest BCUT2D eigenvalue weighted by atomic mass is 35.5. The molecule has 1 saturated heterocycles. The number of carbonyl (C=O) groups excluding carboxylic acids is 1. The van der Waals surface area contributed by atoms with Crippen LogP contribution in [-0.2, 0) is 14.8 Å². The molecule has 0 spiro atoms. The van der Waals surface area contributed by atoms with Gasteiger partial charge in [0.1, 0.15) is 0 Å². The van der Waals surface area contributed by atoms with Crippen LogP contribution in [0, 0.1) is 5.92 Å². The van der Waals surface area contributed by atoms with E-state index in [1.807, 2.05) is 0 Å². The molecule has 1 N–H and O–H groups in total. The summed E-state index contributed by atoms with van der Waals surface area (Å²) in [6.07, 6.45) is 1.13. The van der Waals surface area contributed by atoms with Crippen LogP contribution in [0.3, 0.4) is 0 Å². The summed E-state index contributed by atoms with van der Waals surface area (Å²) in [7, 11) is -0.884. The second-order valence-electron chi connectivity index (χ2n) is 6.81. The van der Waals surface area contributed by atoms with Crippen LogP contribution in [0.5, 0.6) is 11.5 Å². The molecule has 0 aromatic heterocycles. The van der Waals surface area contributed by atoms with Gasteiger partial charge in [0.2, 0.25) is 15.9 Å². The van der Waals surface area contributed by atoms with Gasteiger partial charge in [0, 0.05) is 19.2 Å². The molecule has 7 nitrogen and oxygen atoms in total. The van der Waals surface area contributed by atoms with Gasteiger partial charge in [-0.2, -0.15) is 4.31 Å². The van der Waals surface area contributed by atoms with Crippen LogP contribution in [-0.4, -0.2) is 45.9 Å². The van der Waals surface area contributed by atoms with Crippen molar-refractivity contribution in [2.24, 2.45) is 5.92 Å². The Bertz CT molecular complexity index is 1050. The first-order valence-electron chi connectivity index (χ1n) is 9.25. The number of benzene rings is 2. The van der Waals surface area contributed by atoms with E-state index in [0.717, 1.165) is 0 Å². The Morgan fingerprint density at radius 1 is 1.13 bits per heavy atom. The monoisotopic (exact) mass is 472 g/mol. The van der Waals surface area contributed by atoms with Crippen molar-refractivity contribution in [1.29, 1.82) is 0 Å². The first-order valence-corrected chi connectivity index (χ1v) is 11.4. The van der Waals surface area contributed by atoms with Crippen molar-refractivity contribution < 1.29 is 22.7 Å². The van der Waals surface area contributed by atoms with Crippen LogP contribution in [0.25, 0.3) is 0 Å². The molecule has 2 aromatic carbocycles. The minimum Gasteiger partial charge on any atom is -0.493 e. The Kier molecular flexibility index (Phi) is 7.13. The van der Waals surface area contributed by atoms with Gasteiger partial charge >= 0.3 is 0 Å². The van der Waals surface area contributed by atoms with E-state index in [2.05, 4.69) is 5.32 Å². The standard InChI is InChI=1S/C20H22Cl2N2O5S/c1-28-17-9-8-14(11-18(17)29-2)30(26,27)24-10-4-5-13(12-24)20(25)23-16-7-3-6-15(21)19(16)22/h3,6-9,11,13H,4-5,10,12H2,1-2H3,(H,23,25)/t13-/m1/s1.